The second kappa shape index (κ2) is 5.70. The molecule has 0 saturated heterocycles. The summed E-state index contributed by atoms with van der Waals surface area (Å²) >= 11 is 0. The van der Waals surface area contributed by atoms with Gasteiger partial charge in [-0.2, -0.15) is 13.2 Å². The van der Waals surface area contributed by atoms with Crippen molar-refractivity contribution in [3.05, 3.63) is 35.9 Å². The number of hydrogen-bond acceptors (Lipinski definition) is 2. The predicted octanol–water partition coefficient (Wildman–Crippen LogP) is 3.29. The van der Waals surface area contributed by atoms with E-state index in [1.54, 1.807) is 18.2 Å². The molecule has 1 aromatic carbocycles. The first-order valence-corrected chi connectivity index (χ1v) is 5.16. The van der Waals surface area contributed by atoms with Gasteiger partial charge in [0.15, 0.2) is 0 Å². The summed E-state index contributed by atoms with van der Waals surface area (Å²) in [5, 5.41) is 0. The highest BCUT2D eigenvalue weighted by atomic mass is 19.4. The highest BCUT2D eigenvalue weighted by Gasteiger charge is 2.40. The molecule has 17 heavy (non-hydrogen) atoms. The molecule has 0 amide bonds. The van der Waals surface area contributed by atoms with Crippen molar-refractivity contribution in [1.82, 2.24) is 0 Å². The molecular formula is C12H13F3O2. The van der Waals surface area contributed by atoms with Gasteiger partial charge in [-0.15, -0.1) is 0 Å². The van der Waals surface area contributed by atoms with Crippen LogP contribution in [-0.2, 0) is 9.53 Å². The van der Waals surface area contributed by atoms with Crippen LogP contribution in [0.3, 0.4) is 0 Å². The highest BCUT2D eigenvalue weighted by Crippen LogP contribution is 2.37. The summed E-state index contributed by atoms with van der Waals surface area (Å²) in [6, 6.07) is 7.61. The van der Waals surface area contributed by atoms with Crippen molar-refractivity contribution in [3.63, 3.8) is 0 Å². The van der Waals surface area contributed by atoms with E-state index in [2.05, 4.69) is 4.74 Å². The molecule has 0 aliphatic carbocycles. The normalized spacial score (nSPS) is 13.2. The number of hydrogen-bond donors (Lipinski definition) is 0. The zero-order valence-corrected chi connectivity index (χ0v) is 9.33. The highest BCUT2D eigenvalue weighted by molar-refractivity contribution is 5.65. The molecule has 0 radical (unpaired) electrons. The van der Waals surface area contributed by atoms with Crippen LogP contribution in [0, 0.1) is 0 Å². The van der Waals surface area contributed by atoms with Crippen LogP contribution in [0.25, 0.3) is 0 Å². The minimum atomic E-state index is -4.33. The van der Waals surface area contributed by atoms with Crippen LogP contribution in [0.2, 0.25) is 0 Å². The molecule has 0 aliphatic heterocycles. The summed E-state index contributed by atoms with van der Waals surface area (Å²) in [5.41, 5.74) is 0.187. The van der Waals surface area contributed by atoms with E-state index in [0.29, 0.717) is 0 Å². The molecule has 5 heteroatoms. The van der Waals surface area contributed by atoms with Crippen molar-refractivity contribution in [2.75, 3.05) is 6.61 Å². The van der Waals surface area contributed by atoms with Gasteiger partial charge in [0.1, 0.15) is 0 Å². The molecular weight excluding hydrogens is 233 g/mol. The molecule has 0 bridgehead atoms. The lowest BCUT2D eigenvalue weighted by molar-refractivity contribution is -0.158. The number of benzene rings is 1. The Labute approximate surface area is 97.4 Å². The van der Waals surface area contributed by atoms with Gasteiger partial charge in [-0.3, -0.25) is 4.79 Å². The molecule has 2 nitrogen and oxygen atoms in total. The molecule has 1 aromatic rings. The Morgan fingerprint density at radius 2 is 1.88 bits per heavy atom. The lowest BCUT2D eigenvalue weighted by atomic mass is 9.95. The second-order valence-electron chi connectivity index (χ2n) is 3.63. The number of ether oxygens (including phenoxy) is 1. The van der Waals surface area contributed by atoms with Crippen molar-refractivity contribution >= 4 is 5.97 Å². The summed E-state index contributed by atoms with van der Waals surface area (Å²) in [4.78, 5) is 10.5. The first kappa shape index (κ1) is 13.5. The summed E-state index contributed by atoms with van der Waals surface area (Å²) in [5.74, 6) is -2.16. The van der Waals surface area contributed by atoms with Gasteiger partial charge < -0.3 is 4.74 Å². The van der Waals surface area contributed by atoms with Crippen LogP contribution < -0.4 is 0 Å². The van der Waals surface area contributed by atoms with Crippen LogP contribution in [0.4, 0.5) is 13.2 Å². The fourth-order valence-electron chi connectivity index (χ4n) is 1.53. The van der Waals surface area contributed by atoms with Gasteiger partial charge in [0.2, 0.25) is 0 Å². The number of halogens is 3. The van der Waals surface area contributed by atoms with E-state index < -0.39 is 18.1 Å². The van der Waals surface area contributed by atoms with E-state index >= 15 is 0 Å². The third-order valence-electron chi connectivity index (χ3n) is 2.31. The summed E-state index contributed by atoms with van der Waals surface area (Å²) in [6.07, 6.45) is -4.59. The van der Waals surface area contributed by atoms with Gasteiger partial charge >= 0.3 is 12.1 Å². The molecule has 0 heterocycles. The molecule has 0 fully saturated rings. The molecule has 94 valence electrons. The Kier molecular flexibility index (Phi) is 4.54. The average molecular weight is 246 g/mol. The number of carbonyl (C=O) groups excluding carboxylic acids is 1. The Morgan fingerprint density at radius 1 is 1.29 bits per heavy atom. The largest absolute Gasteiger partial charge is 0.466 e. The van der Waals surface area contributed by atoms with Gasteiger partial charge in [0, 0.05) is 6.92 Å². The third kappa shape index (κ3) is 4.46. The number of alkyl halides is 3. The number of rotatable bonds is 4. The third-order valence-corrected chi connectivity index (χ3v) is 2.31. The quantitative estimate of drug-likeness (QED) is 0.762. The fourth-order valence-corrected chi connectivity index (χ4v) is 1.53. The summed E-state index contributed by atoms with van der Waals surface area (Å²) in [6.45, 7) is 0.944. The topological polar surface area (TPSA) is 26.3 Å². The molecule has 0 N–H and O–H groups in total. The smallest absolute Gasteiger partial charge is 0.395 e. The molecule has 0 saturated carbocycles. The van der Waals surface area contributed by atoms with Crippen molar-refractivity contribution in [2.24, 2.45) is 0 Å². The first-order valence-electron chi connectivity index (χ1n) is 5.16. The van der Waals surface area contributed by atoms with Crippen LogP contribution in [0.15, 0.2) is 30.3 Å². The average Bonchev–Trinajstić information content (AvgIpc) is 2.23. The maximum atomic E-state index is 12.8. The summed E-state index contributed by atoms with van der Waals surface area (Å²) < 4.78 is 42.9. The molecule has 1 atom stereocenters. The lowest BCUT2D eigenvalue weighted by Gasteiger charge is -2.20. The standard InChI is InChI=1S/C12H13F3O2/c1-9(16)17-8-7-11(12(13,14)15)10-5-3-2-4-6-10/h2-6,11H,7-8H2,1H3. The van der Waals surface area contributed by atoms with E-state index in [-0.39, 0.29) is 18.6 Å². The predicted molar refractivity (Wildman–Crippen MR) is 56.5 cm³/mol. The van der Waals surface area contributed by atoms with Gasteiger partial charge in [0.25, 0.3) is 0 Å². The summed E-state index contributed by atoms with van der Waals surface area (Å²) in [7, 11) is 0. The van der Waals surface area contributed by atoms with Crippen LogP contribution in [-0.4, -0.2) is 18.8 Å². The molecule has 0 aromatic heterocycles. The van der Waals surface area contributed by atoms with Crippen LogP contribution in [0.5, 0.6) is 0 Å². The van der Waals surface area contributed by atoms with Gasteiger partial charge in [0.05, 0.1) is 12.5 Å². The fraction of sp³-hybridized carbons (Fsp3) is 0.417. The van der Waals surface area contributed by atoms with Gasteiger partial charge in [-0.05, 0) is 12.0 Å². The first-order chi connectivity index (χ1) is 7.91. The molecule has 0 spiro atoms. The SMILES string of the molecule is CC(=O)OCCC(c1ccccc1)C(F)(F)F. The van der Waals surface area contributed by atoms with E-state index in [1.807, 2.05) is 0 Å². The molecule has 1 unspecified atom stereocenters. The second-order valence-corrected chi connectivity index (χ2v) is 3.63. The van der Waals surface area contributed by atoms with Crippen LogP contribution >= 0.6 is 0 Å². The maximum Gasteiger partial charge on any atom is 0.395 e. The van der Waals surface area contributed by atoms with E-state index in [9.17, 15) is 18.0 Å². The number of esters is 1. The van der Waals surface area contributed by atoms with Crippen molar-refractivity contribution < 1.29 is 22.7 Å². The van der Waals surface area contributed by atoms with Crippen LogP contribution in [0.1, 0.15) is 24.8 Å². The van der Waals surface area contributed by atoms with Crippen molar-refractivity contribution in [2.45, 2.75) is 25.4 Å². The maximum absolute atomic E-state index is 12.8. The monoisotopic (exact) mass is 246 g/mol. The van der Waals surface area contributed by atoms with E-state index in [0.717, 1.165) is 0 Å². The van der Waals surface area contributed by atoms with Gasteiger partial charge in [-0.1, -0.05) is 30.3 Å². The zero-order chi connectivity index (χ0) is 12.9. The molecule has 1 rings (SSSR count). The van der Waals surface area contributed by atoms with E-state index in [1.165, 1.54) is 19.1 Å². The Morgan fingerprint density at radius 3 is 2.35 bits per heavy atom. The zero-order valence-electron chi connectivity index (χ0n) is 9.33. The Balaban J connectivity index is 2.72. The Bertz CT molecular complexity index is 360. The van der Waals surface area contributed by atoms with E-state index in [4.69, 9.17) is 0 Å². The van der Waals surface area contributed by atoms with Crippen molar-refractivity contribution in [1.29, 1.82) is 0 Å². The number of carbonyl (C=O) groups is 1. The molecule has 0 aliphatic rings. The minimum absolute atomic E-state index is 0.187. The minimum Gasteiger partial charge on any atom is -0.466 e. The van der Waals surface area contributed by atoms with Crippen molar-refractivity contribution in [3.8, 4) is 0 Å². The Hall–Kier alpha value is -1.52. The van der Waals surface area contributed by atoms with Gasteiger partial charge in [-0.25, -0.2) is 0 Å². The lowest BCUT2D eigenvalue weighted by Crippen LogP contribution is -2.22.